The Balaban J connectivity index is 2.38. The summed E-state index contributed by atoms with van der Waals surface area (Å²) in [6, 6.07) is -0.299. The highest BCUT2D eigenvalue weighted by Gasteiger charge is 2.17. The standard InChI is InChI=1S/C11H19N3O2S/c1-7-14-9(6-17-7)8(12)5-13-10(15)16-11(2,3)4/h6,8H,5,12H2,1-4H3,(H,13,15)/t8-/m0/s1. The fourth-order valence-electron chi connectivity index (χ4n) is 1.16. The summed E-state index contributed by atoms with van der Waals surface area (Å²) >= 11 is 1.54. The Bertz CT molecular complexity index is 384. The highest BCUT2D eigenvalue weighted by molar-refractivity contribution is 7.09. The van der Waals surface area contributed by atoms with Gasteiger partial charge in [0.15, 0.2) is 0 Å². The molecule has 0 bridgehead atoms. The minimum Gasteiger partial charge on any atom is -0.444 e. The maximum absolute atomic E-state index is 11.4. The quantitative estimate of drug-likeness (QED) is 0.868. The van der Waals surface area contributed by atoms with Gasteiger partial charge in [-0.1, -0.05) is 0 Å². The minimum atomic E-state index is -0.495. The molecular formula is C11H19N3O2S. The largest absolute Gasteiger partial charge is 0.444 e. The Morgan fingerprint density at radius 1 is 1.65 bits per heavy atom. The third kappa shape index (κ3) is 5.14. The third-order valence-electron chi connectivity index (χ3n) is 1.88. The van der Waals surface area contributed by atoms with Crippen molar-refractivity contribution in [2.45, 2.75) is 39.3 Å². The summed E-state index contributed by atoms with van der Waals surface area (Å²) in [5, 5.41) is 5.49. The number of ether oxygens (including phenoxy) is 1. The van der Waals surface area contributed by atoms with Crippen molar-refractivity contribution < 1.29 is 9.53 Å². The predicted octanol–water partition coefficient (Wildman–Crippen LogP) is 1.98. The molecule has 3 N–H and O–H groups in total. The lowest BCUT2D eigenvalue weighted by Crippen LogP contribution is -2.36. The van der Waals surface area contributed by atoms with Gasteiger partial charge in [0, 0.05) is 11.9 Å². The van der Waals surface area contributed by atoms with E-state index in [2.05, 4.69) is 10.3 Å². The van der Waals surface area contributed by atoms with Crippen molar-refractivity contribution in [2.75, 3.05) is 6.54 Å². The van der Waals surface area contributed by atoms with Crippen molar-refractivity contribution in [2.24, 2.45) is 5.73 Å². The van der Waals surface area contributed by atoms with Crippen LogP contribution >= 0.6 is 11.3 Å². The number of aromatic nitrogens is 1. The molecule has 1 atom stereocenters. The van der Waals surface area contributed by atoms with Crippen molar-refractivity contribution >= 4 is 17.4 Å². The highest BCUT2D eigenvalue weighted by Crippen LogP contribution is 2.13. The van der Waals surface area contributed by atoms with Crippen LogP contribution in [0.1, 0.15) is 37.5 Å². The number of aryl methyl sites for hydroxylation is 1. The first-order chi connectivity index (χ1) is 7.78. The van der Waals surface area contributed by atoms with Gasteiger partial charge in [-0.3, -0.25) is 0 Å². The van der Waals surface area contributed by atoms with Gasteiger partial charge in [-0.05, 0) is 27.7 Å². The molecule has 0 spiro atoms. The lowest BCUT2D eigenvalue weighted by Gasteiger charge is -2.20. The molecule has 17 heavy (non-hydrogen) atoms. The van der Waals surface area contributed by atoms with E-state index in [0.29, 0.717) is 6.54 Å². The molecule has 0 fully saturated rings. The predicted molar refractivity (Wildman–Crippen MR) is 68.0 cm³/mol. The Kier molecular flexibility index (Phi) is 4.47. The van der Waals surface area contributed by atoms with Gasteiger partial charge in [-0.2, -0.15) is 0 Å². The molecule has 1 aromatic rings. The van der Waals surface area contributed by atoms with Crippen molar-refractivity contribution in [3.05, 3.63) is 16.1 Å². The van der Waals surface area contributed by atoms with Gasteiger partial charge in [-0.15, -0.1) is 11.3 Å². The van der Waals surface area contributed by atoms with Gasteiger partial charge in [0.1, 0.15) is 5.60 Å². The summed E-state index contributed by atoms with van der Waals surface area (Å²) in [6.07, 6.45) is -0.458. The van der Waals surface area contributed by atoms with Crippen LogP contribution in [0.15, 0.2) is 5.38 Å². The van der Waals surface area contributed by atoms with Crippen molar-refractivity contribution in [1.29, 1.82) is 0 Å². The van der Waals surface area contributed by atoms with E-state index in [-0.39, 0.29) is 6.04 Å². The summed E-state index contributed by atoms with van der Waals surface area (Å²) in [6.45, 7) is 7.68. The first-order valence-corrected chi connectivity index (χ1v) is 6.30. The maximum Gasteiger partial charge on any atom is 0.407 e. The molecule has 0 aliphatic rings. The summed E-state index contributed by atoms with van der Waals surface area (Å²) in [4.78, 5) is 15.7. The Morgan fingerprint density at radius 3 is 2.76 bits per heavy atom. The van der Waals surface area contributed by atoms with Crippen LogP contribution in [-0.4, -0.2) is 23.2 Å². The van der Waals surface area contributed by atoms with Crippen LogP contribution in [-0.2, 0) is 4.74 Å². The van der Waals surface area contributed by atoms with Crippen molar-refractivity contribution in [3.63, 3.8) is 0 Å². The summed E-state index contributed by atoms with van der Waals surface area (Å²) in [5.74, 6) is 0. The number of alkyl carbamates (subject to hydrolysis) is 1. The molecule has 0 aromatic carbocycles. The Hall–Kier alpha value is -1.14. The lowest BCUT2D eigenvalue weighted by molar-refractivity contribution is 0.0524. The molecule has 0 saturated carbocycles. The molecule has 1 aromatic heterocycles. The number of carbonyl (C=O) groups is 1. The average molecular weight is 257 g/mol. The number of hydrogen-bond acceptors (Lipinski definition) is 5. The Labute approximate surface area is 105 Å². The molecule has 5 nitrogen and oxygen atoms in total. The average Bonchev–Trinajstić information content (AvgIpc) is 2.58. The molecule has 1 amide bonds. The van der Waals surface area contributed by atoms with Gasteiger partial charge in [0.2, 0.25) is 0 Å². The molecule has 1 rings (SSSR count). The third-order valence-corrected chi connectivity index (χ3v) is 2.67. The van der Waals surface area contributed by atoms with E-state index in [1.165, 1.54) is 0 Å². The molecule has 0 aliphatic carbocycles. The topological polar surface area (TPSA) is 77.2 Å². The number of nitrogens with one attached hydrogen (secondary N) is 1. The van der Waals surface area contributed by atoms with E-state index < -0.39 is 11.7 Å². The van der Waals surface area contributed by atoms with Crippen LogP contribution < -0.4 is 11.1 Å². The van der Waals surface area contributed by atoms with Crippen LogP contribution in [0.4, 0.5) is 4.79 Å². The second kappa shape index (κ2) is 5.46. The zero-order chi connectivity index (χ0) is 13.1. The van der Waals surface area contributed by atoms with E-state index in [4.69, 9.17) is 10.5 Å². The van der Waals surface area contributed by atoms with Crippen molar-refractivity contribution in [3.8, 4) is 0 Å². The van der Waals surface area contributed by atoms with E-state index in [1.54, 1.807) is 11.3 Å². The van der Waals surface area contributed by atoms with Crippen molar-refractivity contribution in [1.82, 2.24) is 10.3 Å². The van der Waals surface area contributed by atoms with Crippen LogP contribution in [0, 0.1) is 6.92 Å². The second-order valence-electron chi connectivity index (χ2n) is 4.78. The van der Waals surface area contributed by atoms with Gasteiger partial charge < -0.3 is 15.8 Å². The van der Waals surface area contributed by atoms with E-state index in [9.17, 15) is 4.79 Å². The minimum absolute atomic E-state index is 0.299. The number of amides is 1. The first-order valence-electron chi connectivity index (χ1n) is 5.42. The van der Waals surface area contributed by atoms with E-state index in [1.807, 2.05) is 33.1 Å². The fourth-order valence-corrected chi connectivity index (χ4v) is 1.84. The highest BCUT2D eigenvalue weighted by atomic mass is 32.1. The van der Waals surface area contributed by atoms with Crippen LogP contribution in [0.5, 0.6) is 0 Å². The van der Waals surface area contributed by atoms with E-state index >= 15 is 0 Å². The zero-order valence-corrected chi connectivity index (χ0v) is 11.4. The zero-order valence-electron chi connectivity index (χ0n) is 10.6. The molecule has 6 heteroatoms. The number of hydrogen-bond donors (Lipinski definition) is 2. The van der Waals surface area contributed by atoms with Gasteiger partial charge in [0.25, 0.3) is 0 Å². The van der Waals surface area contributed by atoms with Crippen LogP contribution in [0.3, 0.4) is 0 Å². The van der Waals surface area contributed by atoms with Crippen LogP contribution in [0.2, 0.25) is 0 Å². The van der Waals surface area contributed by atoms with Gasteiger partial charge in [0.05, 0.1) is 16.7 Å². The molecule has 96 valence electrons. The molecule has 0 radical (unpaired) electrons. The SMILES string of the molecule is Cc1nc([C@@H](N)CNC(=O)OC(C)(C)C)cs1. The summed E-state index contributed by atoms with van der Waals surface area (Å²) < 4.78 is 5.11. The van der Waals surface area contributed by atoms with Crippen LogP contribution in [0.25, 0.3) is 0 Å². The molecular weight excluding hydrogens is 238 g/mol. The number of nitrogens with zero attached hydrogens (tertiary/aromatic N) is 1. The lowest BCUT2D eigenvalue weighted by atomic mass is 10.2. The molecule has 0 saturated heterocycles. The number of nitrogens with two attached hydrogens (primary N) is 1. The summed E-state index contributed by atoms with van der Waals surface area (Å²) in [7, 11) is 0. The van der Waals surface area contributed by atoms with Gasteiger partial charge >= 0.3 is 6.09 Å². The maximum atomic E-state index is 11.4. The summed E-state index contributed by atoms with van der Waals surface area (Å²) in [5.41, 5.74) is 6.19. The van der Waals surface area contributed by atoms with E-state index in [0.717, 1.165) is 10.7 Å². The molecule has 1 heterocycles. The molecule has 0 aliphatic heterocycles. The molecule has 0 unspecified atom stereocenters. The number of thiazole rings is 1. The first kappa shape index (κ1) is 13.9. The fraction of sp³-hybridized carbons (Fsp3) is 0.636. The monoisotopic (exact) mass is 257 g/mol. The normalized spacial score (nSPS) is 13.2. The van der Waals surface area contributed by atoms with Gasteiger partial charge in [-0.25, -0.2) is 9.78 Å². The second-order valence-corrected chi connectivity index (χ2v) is 5.84. The number of carbonyl (C=O) groups excluding carboxylic acids is 1. The number of rotatable bonds is 3. The Morgan fingerprint density at radius 2 is 2.29 bits per heavy atom. The smallest absolute Gasteiger partial charge is 0.407 e.